The molecule has 1 fully saturated rings. The molecule has 2 aromatic carbocycles. The molecule has 0 spiro atoms. The number of carbonyl (C=O) groups excluding carboxylic acids is 1. The van der Waals surface area contributed by atoms with Crippen molar-refractivity contribution in [2.24, 2.45) is 0 Å². The highest BCUT2D eigenvalue weighted by Crippen LogP contribution is 2.21. The molecule has 0 radical (unpaired) electrons. The molecular formula is C22H27FN2O5S. The summed E-state index contributed by atoms with van der Waals surface area (Å²) in [5.41, 5.74) is 0.727. The van der Waals surface area contributed by atoms with Crippen LogP contribution in [0.3, 0.4) is 0 Å². The van der Waals surface area contributed by atoms with Crippen LogP contribution in [0.2, 0.25) is 0 Å². The number of hydrogen-bond acceptors (Lipinski definition) is 5. The van der Waals surface area contributed by atoms with Gasteiger partial charge in [-0.25, -0.2) is 12.8 Å². The van der Waals surface area contributed by atoms with Gasteiger partial charge in [-0.3, -0.25) is 4.79 Å². The summed E-state index contributed by atoms with van der Waals surface area (Å²) in [5.74, 6) is 0.132. The average molecular weight is 451 g/mol. The lowest BCUT2D eigenvalue weighted by atomic mass is 10.1. The Morgan fingerprint density at radius 1 is 0.968 bits per heavy atom. The molecule has 1 aliphatic heterocycles. The predicted molar refractivity (Wildman–Crippen MR) is 114 cm³/mol. The van der Waals surface area contributed by atoms with E-state index in [1.54, 1.807) is 29.2 Å². The van der Waals surface area contributed by atoms with E-state index in [9.17, 15) is 17.6 Å². The summed E-state index contributed by atoms with van der Waals surface area (Å²) in [6.07, 6.45) is 0.164. The smallest absolute Gasteiger partial charge is 0.243 e. The van der Waals surface area contributed by atoms with E-state index in [-0.39, 0.29) is 36.1 Å². The number of carbonyl (C=O) groups is 1. The van der Waals surface area contributed by atoms with E-state index in [1.807, 2.05) is 6.92 Å². The Kier molecular flexibility index (Phi) is 8.00. The van der Waals surface area contributed by atoms with E-state index in [2.05, 4.69) is 0 Å². The minimum atomic E-state index is -3.65. The summed E-state index contributed by atoms with van der Waals surface area (Å²) >= 11 is 0. The van der Waals surface area contributed by atoms with Crippen LogP contribution in [0.4, 0.5) is 4.39 Å². The third kappa shape index (κ3) is 6.25. The summed E-state index contributed by atoms with van der Waals surface area (Å²) < 4.78 is 51.0. The van der Waals surface area contributed by atoms with Crippen molar-refractivity contribution >= 4 is 15.9 Å². The van der Waals surface area contributed by atoms with E-state index in [0.717, 1.165) is 5.56 Å². The molecule has 7 nitrogen and oxygen atoms in total. The number of benzene rings is 2. The first-order chi connectivity index (χ1) is 14.9. The average Bonchev–Trinajstić information content (AvgIpc) is 2.78. The van der Waals surface area contributed by atoms with E-state index < -0.39 is 10.0 Å². The summed E-state index contributed by atoms with van der Waals surface area (Å²) in [6, 6.07) is 12.1. The van der Waals surface area contributed by atoms with Crippen molar-refractivity contribution in [1.82, 2.24) is 9.21 Å². The summed E-state index contributed by atoms with van der Waals surface area (Å²) in [4.78, 5) is 14.3. The summed E-state index contributed by atoms with van der Waals surface area (Å²) in [5, 5.41) is 0. The standard InChI is InChI=1S/C22H27FN2O5S/c1-2-29-15-16-30-20-7-9-21(10-8-20)31(27,28)25-13-11-24(12-14-25)22(26)17-18-3-5-19(23)6-4-18/h3-10H,2,11-17H2,1H3. The Morgan fingerprint density at radius 2 is 1.61 bits per heavy atom. The van der Waals surface area contributed by atoms with Crippen LogP contribution in [0.15, 0.2) is 53.4 Å². The Bertz CT molecular complexity index is 956. The highest BCUT2D eigenvalue weighted by atomic mass is 32.2. The molecule has 0 bridgehead atoms. The number of piperazine rings is 1. The van der Waals surface area contributed by atoms with Crippen molar-refractivity contribution in [1.29, 1.82) is 0 Å². The molecule has 0 aromatic heterocycles. The highest BCUT2D eigenvalue weighted by molar-refractivity contribution is 7.89. The Labute approximate surface area is 182 Å². The fraction of sp³-hybridized carbons (Fsp3) is 0.409. The van der Waals surface area contributed by atoms with Crippen LogP contribution < -0.4 is 4.74 Å². The van der Waals surface area contributed by atoms with Crippen LogP contribution in [0.1, 0.15) is 12.5 Å². The molecule has 0 unspecified atom stereocenters. The van der Waals surface area contributed by atoms with Crippen molar-refractivity contribution in [3.05, 3.63) is 59.9 Å². The highest BCUT2D eigenvalue weighted by Gasteiger charge is 2.30. The number of sulfonamides is 1. The first-order valence-electron chi connectivity index (χ1n) is 10.2. The number of amides is 1. The second-order valence-electron chi connectivity index (χ2n) is 7.10. The predicted octanol–water partition coefficient (Wildman–Crippen LogP) is 2.32. The maximum atomic E-state index is 13.0. The van der Waals surface area contributed by atoms with Gasteiger partial charge >= 0.3 is 0 Å². The number of halogens is 1. The Balaban J connectivity index is 1.53. The molecule has 1 amide bonds. The van der Waals surface area contributed by atoms with E-state index in [1.165, 1.54) is 28.6 Å². The largest absolute Gasteiger partial charge is 0.491 e. The van der Waals surface area contributed by atoms with Gasteiger partial charge in [-0.2, -0.15) is 4.31 Å². The van der Waals surface area contributed by atoms with Crippen LogP contribution in [-0.4, -0.2) is 69.5 Å². The van der Waals surface area contributed by atoms with Gasteiger partial charge in [0.15, 0.2) is 0 Å². The number of ether oxygens (including phenoxy) is 2. The SMILES string of the molecule is CCOCCOc1ccc(S(=O)(=O)N2CCN(C(=O)Cc3ccc(F)cc3)CC2)cc1. The monoisotopic (exact) mass is 450 g/mol. The molecule has 168 valence electrons. The number of rotatable bonds is 9. The van der Waals surface area contributed by atoms with Gasteiger partial charge in [0, 0.05) is 32.8 Å². The van der Waals surface area contributed by atoms with Crippen LogP contribution >= 0.6 is 0 Å². The van der Waals surface area contributed by atoms with Crippen molar-refractivity contribution in [3.63, 3.8) is 0 Å². The first-order valence-corrected chi connectivity index (χ1v) is 11.7. The zero-order valence-corrected chi connectivity index (χ0v) is 18.3. The molecule has 0 atom stereocenters. The van der Waals surface area contributed by atoms with Crippen LogP contribution in [0.5, 0.6) is 5.75 Å². The zero-order chi connectivity index (χ0) is 22.3. The minimum absolute atomic E-state index is 0.0998. The van der Waals surface area contributed by atoms with Crippen LogP contribution in [0.25, 0.3) is 0 Å². The lowest BCUT2D eigenvalue weighted by molar-refractivity contribution is -0.131. The van der Waals surface area contributed by atoms with Crippen LogP contribution in [0, 0.1) is 5.82 Å². The number of hydrogen-bond donors (Lipinski definition) is 0. The fourth-order valence-corrected chi connectivity index (χ4v) is 4.71. The molecule has 31 heavy (non-hydrogen) atoms. The molecule has 1 aliphatic rings. The molecule has 0 N–H and O–H groups in total. The molecule has 1 saturated heterocycles. The second-order valence-corrected chi connectivity index (χ2v) is 9.04. The molecule has 0 aliphatic carbocycles. The van der Waals surface area contributed by atoms with Crippen molar-refractivity contribution in [3.8, 4) is 5.75 Å². The van der Waals surface area contributed by atoms with Crippen molar-refractivity contribution in [2.45, 2.75) is 18.2 Å². The van der Waals surface area contributed by atoms with Gasteiger partial charge in [0.2, 0.25) is 15.9 Å². The Hall–Kier alpha value is -2.49. The normalized spacial score (nSPS) is 15.1. The third-order valence-electron chi connectivity index (χ3n) is 5.02. The molecule has 2 aromatic rings. The van der Waals surface area contributed by atoms with Gasteiger partial charge in [0.25, 0.3) is 0 Å². The van der Waals surface area contributed by atoms with Gasteiger partial charge < -0.3 is 14.4 Å². The molecular weight excluding hydrogens is 423 g/mol. The number of nitrogens with zero attached hydrogens (tertiary/aromatic N) is 2. The first kappa shape index (κ1) is 23.2. The summed E-state index contributed by atoms with van der Waals surface area (Å²) in [6.45, 7) is 4.48. The maximum Gasteiger partial charge on any atom is 0.243 e. The van der Waals surface area contributed by atoms with Gasteiger partial charge in [0.1, 0.15) is 18.2 Å². The maximum absolute atomic E-state index is 13.0. The van der Waals surface area contributed by atoms with Gasteiger partial charge in [0.05, 0.1) is 17.9 Å². The molecule has 3 rings (SSSR count). The second kappa shape index (κ2) is 10.7. The lowest BCUT2D eigenvalue weighted by Crippen LogP contribution is -2.50. The fourth-order valence-electron chi connectivity index (χ4n) is 3.29. The minimum Gasteiger partial charge on any atom is -0.491 e. The van der Waals surface area contributed by atoms with Gasteiger partial charge in [-0.1, -0.05) is 12.1 Å². The third-order valence-corrected chi connectivity index (χ3v) is 6.93. The van der Waals surface area contributed by atoms with Crippen molar-refractivity contribution < 1.29 is 27.1 Å². The van der Waals surface area contributed by atoms with Gasteiger partial charge in [-0.15, -0.1) is 0 Å². The summed E-state index contributed by atoms with van der Waals surface area (Å²) in [7, 11) is -3.65. The van der Waals surface area contributed by atoms with E-state index in [0.29, 0.717) is 38.7 Å². The molecule has 0 saturated carbocycles. The quantitative estimate of drug-likeness (QED) is 0.548. The molecule has 9 heteroatoms. The lowest BCUT2D eigenvalue weighted by Gasteiger charge is -2.34. The molecule has 1 heterocycles. The topological polar surface area (TPSA) is 76.2 Å². The van der Waals surface area contributed by atoms with E-state index in [4.69, 9.17) is 9.47 Å². The Morgan fingerprint density at radius 3 is 2.23 bits per heavy atom. The van der Waals surface area contributed by atoms with Crippen molar-refractivity contribution in [2.75, 3.05) is 46.0 Å². The van der Waals surface area contributed by atoms with Crippen LogP contribution in [-0.2, 0) is 26.0 Å². The van der Waals surface area contributed by atoms with E-state index >= 15 is 0 Å². The zero-order valence-electron chi connectivity index (χ0n) is 17.5. The van der Waals surface area contributed by atoms with Gasteiger partial charge in [-0.05, 0) is 48.9 Å².